The van der Waals surface area contributed by atoms with E-state index in [9.17, 15) is 0 Å². The molecule has 3 heteroatoms. The molecular formula is C14H12N2O. The van der Waals surface area contributed by atoms with E-state index in [1.807, 2.05) is 36.4 Å². The number of rotatable bonds is 3. The molecule has 0 radical (unpaired) electrons. The van der Waals surface area contributed by atoms with Crippen LogP contribution in [0.15, 0.2) is 42.6 Å². The van der Waals surface area contributed by atoms with Gasteiger partial charge in [0, 0.05) is 5.56 Å². The quantitative estimate of drug-likeness (QED) is 0.805. The summed E-state index contributed by atoms with van der Waals surface area (Å²) in [6, 6.07) is 13.9. The Kier molecular flexibility index (Phi) is 3.37. The van der Waals surface area contributed by atoms with Gasteiger partial charge in [0.1, 0.15) is 5.75 Å². The van der Waals surface area contributed by atoms with E-state index in [0.717, 1.165) is 16.8 Å². The first-order chi connectivity index (χ1) is 8.35. The highest BCUT2D eigenvalue weighted by Crippen LogP contribution is 2.26. The molecule has 1 aromatic carbocycles. The molecule has 0 aliphatic heterocycles. The van der Waals surface area contributed by atoms with E-state index in [1.165, 1.54) is 0 Å². The van der Waals surface area contributed by atoms with Crippen LogP contribution >= 0.6 is 0 Å². The van der Waals surface area contributed by atoms with E-state index in [2.05, 4.69) is 11.1 Å². The van der Waals surface area contributed by atoms with Gasteiger partial charge in [-0.1, -0.05) is 30.3 Å². The van der Waals surface area contributed by atoms with Crippen LogP contribution in [0.2, 0.25) is 0 Å². The molecule has 0 saturated heterocycles. The second kappa shape index (κ2) is 5.13. The summed E-state index contributed by atoms with van der Waals surface area (Å²) in [7, 11) is 1.61. The lowest BCUT2D eigenvalue weighted by molar-refractivity contribution is 0.413. The van der Waals surface area contributed by atoms with Crippen molar-refractivity contribution in [3.05, 3.63) is 48.3 Å². The van der Waals surface area contributed by atoms with Crippen molar-refractivity contribution in [2.75, 3.05) is 7.11 Å². The standard InChI is InChI=1S/C14H12N2O/c1-17-12-9-13(11-5-3-2-4-6-11)14(7-8-15)16-10-12/h2-6,9-10H,7H2,1H3. The van der Waals surface area contributed by atoms with Crippen LogP contribution in [0.5, 0.6) is 5.75 Å². The first kappa shape index (κ1) is 11.2. The number of hydrogen-bond acceptors (Lipinski definition) is 3. The average molecular weight is 224 g/mol. The molecule has 0 N–H and O–H groups in total. The van der Waals surface area contributed by atoms with Gasteiger partial charge in [0.15, 0.2) is 0 Å². The van der Waals surface area contributed by atoms with Crippen LogP contribution in [0.25, 0.3) is 11.1 Å². The summed E-state index contributed by atoms with van der Waals surface area (Å²) in [5.41, 5.74) is 2.77. The molecule has 17 heavy (non-hydrogen) atoms. The second-order valence-electron chi connectivity index (χ2n) is 3.57. The van der Waals surface area contributed by atoms with Crippen molar-refractivity contribution in [1.82, 2.24) is 4.98 Å². The lowest BCUT2D eigenvalue weighted by Crippen LogP contribution is -1.95. The Bertz CT molecular complexity index is 544. The Labute approximate surface area is 100 Å². The van der Waals surface area contributed by atoms with Gasteiger partial charge in [-0.3, -0.25) is 4.98 Å². The minimum absolute atomic E-state index is 0.300. The van der Waals surface area contributed by atoms with Crippen LogP contribution in [-0.4, -0.2) is 12.1 Å². The molecule has 1 aromatic heterocycles. The smallest absolute Gasteiger partial charge is 0.137 e. The molecule has 0 saturated carbocycles. The first-order valence-electron chi connectivity index (χ1n) is 5.30. The van der Waals surface area contributed by atoms with Gasteiger partial charge in [0.05, 0.1) is 31.5 Å². The predicted octanol–water partition coefficient (Wildman–Crippen LogP) is 2.82. The van der Waals surface area contributed by atoms with Crippen LogP contribution in [-0.2, 0) is 6.42 Å². The SMILES string of the molecule is COc1cnc(CC#N)c(-c2ccccc2)c1. The second-order valence-corrected chi connectivity index (χ2v) is 3.57. The van der Waals surface area contributed by atoms with Crippen LogP contribution in [0.4, 0.5) is 0 Å². The van der Waals surface area contributed by atoms with Gasteiger partial charge in [-0.2, -0.15) is 5.26 Å². The van der Waals surface area contributed by atoms with Gasteiger partial charge in [-0.05, 0) is 11.6 Å². The van der Waals surface area contributed by atoms with Crippen molar-refractivity contribution in [2.24, 2.45) is 0 Å². The van der Waals surface area contributed by atoms with Gasteiger partial charge in [-0.25, -0.2) is 0 Å². The number of nitriles is 1. The molecule has 0 atom stereocenters. The molecule has 0 aliphatic rings. The summed E-state index contributed by atoms with van der Waals surface area (Å²) in [5.74, 6) is 0.700. The van der Waals surface area contributed by atoms with Crippen LogP contribution in [0.1, 0.15) is 5.69 Å². The van der Waals surface area contributed by atoms with Gasteiger partial charge < -0.3 is 4.74 Å². The minimum Gasteiger partial charge on any atom is -0.495 e. The summed E-state index contributed by atoms with van der Waals surface area (Å²) in [6.07, 6.45) is 1.94. The van der Waals surface area contributed by atoms with Crippen molar-refractivity contribution in [1.29, 1.82) is 5.26 Å². The Morgan fingerprint density at radius 3 is 2.71 bits per heavy atom. The van der Waals surface area contributed by atoms with Gasteiger partial charge in [-0.15, -0.1) is 0 Å². The molecule has 0 unspecified atom stereocenters. The van der Waals surface area contributed by atoms with E-state index in [0.29, 0.717) is 12.2 Å². The molecule has 2 rings (SSSR count). The summed E-state index contributed by atoms with van der Waals surface area (Å²) in [5, 5.41) is 8.80. The zero-order valence-corrected chi connectivity index (χ0v) is 9.55. The zero-order valence-electron chi connectivity index (χ0n) is 9.55. The van der Waals surface area contributed by atoms with Gasteiger partial charge in [0.25, 0.3) is 0 Å². The number of aromatic nitrogens is 1. The number of nitrogens with zero attached hydrogens (tertiary/aromatic N) is 2. The Morgan fingerprint density at radius 2 is 2.06 bits per heavy atom. The fraction of sp³-hybridized carbons (Fsp3) is 0.143. The first-order valence-corrected chi connectivity index (χ1v) is 5.30. The molecule has 1 heterocycles. The molecule has 0 spiro atoms. The largest absolute Gasteiger partial charge is 0.495 e. The highest BCUT2D eigenvalue weighted by molar-refractivity contribution is 5.67. The van der Waals surface area contributed by atoms with Crippen molar-refractivity contribution < 1.29 is 4.74 Å². The highest BCUT2D eigenvalue weighted by atomic mass is 16.5. The summed E-state index contributed by atoms with van der Waals surface area (Å²) in [4.78, 5) is 4.27. The highest BCUT2D eigenvalue weighted by Gasteiger charge is 2.07. The predicted molar refractivity (Wildman–Crippen MR) is 65.5 cm³/mol. The van der Waals surface area contributed by atoms with Crippen LogP contribution < -0.4 is 4.74 Å². The third-order valence-corrected chi connectivity index (χ3v) is 2.51. The summed E-state index contributed by atoms with van der Waals surface area (Å²) in [6.45, 7) is 0. The third-order valence-electron chi connectivity index (χ3n) is 2.51. The van der Waals surface area contributed by atoms with Gasteiger partial charge >= 0.3 is 0 Å². The number of hydrogen-bond donors (Lipinski definition) is 0. The molecule has 3 nitrogen and oxygen atoms in total. The lowest BCUT2D eigenvalue weighted by Gasteiger charge is -2.08. The number of ether oxygens (including phenoxy) is 1. The van der Waals surface area contributed by atoms with Crippen molar-refractivity contribution in [2.45, 2.75) is 6.42 Å². The van der Waals surface area contributed by atoms with E-state index in [1.54, 1.807) is 13.3 Å². The Morgan fingerprint density at radius 1 is 1.29 bits per heavy atom. The monoisotopic (exact) mass is 224 g/mol. The fourth-order valence-electron chi connectivity index (χ4n) is 1.67. The van der Waals surface area contributed by atoms with E-state index in [-0.39, 0.29) is 0 Å². The maximum atomic E-state index is 8.80. The molecule has 84 valence electrons. The lowest BCUT2D eigenvalue weighted by atomic mass is 10.0. The average Bonchev–Trinajstić information content (AvgIpc) is 2.40. The van der Waals surface area contributed by atoms with E-state index < -0.39 is 0 Å². The number of benzene rings is 1. The van der Waals surface area contributed by atoms with Crippen molar-refractivity contribution >= 4 is 0 Å². The van der Waals surface area contributed by atoms with E-state index in [4.69, 9.17) is 10.00 Å². The topological polar surface area (TPSA) is 45.9 Å². The zero-order chi connectivity index (χ0) is 12.1. The molecular weight excluding hydrogens is 212 g/mol. The maximum Gasteiger partial charge on any atom is 0.137 e. The molecule has 0 fully saturated rings. The minimum atomic E-state index is 0.300. The van der Waals surface area contributed by atoms with Crippen LogP contribution in [0.3, 0.4) is 0 Å². The Balaban J connectivity index is 2.53. The normalized spacial score (nSPS) is 9.65. The van der Waals surface area contributed by atoms with Crippen molar-refractivity contribution in [3.8, 4) is 22.9 Å². The van der Waals surface area contributed by atoms with Crippen molar-refractivity contribution in [3.63, 3.8) is 0 Å². The summed E-state index contributed by atoms with van der Waals surface area (Å²) < 4.78 is 5.16. The molecule has 0 bridgehead atoms. The summed E-state index contributed by atoms with van der Waals surface area (Å²) >= 11 is 0. The van der Waals surface area contributed by atoms with Crippen LogP contribution in [0, 0.1) is 11.3 Å². The number of methoxy groups -OCH3 is 1. The molecule has 0 amide bonds. The molecule has 0 aliphatic carbocycles. The number of pyridine rings is 1. The molecule has 2 aromatic rings. The van der Waals surface area contributed by atoms with E-state index >= 15 is 0 Å². The maximum absolute atomic E-state index is 8.80. The van der Waals surface area contributed by atoms with Gasteiger partial charge in [0.2, 0.25) is 0 Å². The third kappa shape index (κ3) is 2.43. The Hall–Kier alpha value is -2.34. The fourth-order valence-corrected chi connectivity index (χ4v) is 1.67.